The highest BCUT2D eigenvalue weighted by Gasteiger charge is 2.22. The van der Waals surface area contributed by atoms with Crippen LogP contribution in [0.1, 0.15) is 28.9 Å². The van der Waals surface area contributed by atoms with Crippen LogP contribution in [0.3, 0.4) is 0 Å². The number of nitrogens with zero attached hydrogens (tertiary/aromatic N) is 2. The van der Waals surface area contributed by atoms with Crippen molar-refractivity contribution in [1.82, 2.24) is 9.97 Å². The van der Waals surface area contributed by atoms with Crippen molar-refractivity contribution in [2.75, 3.05) is 18.0 Å². The number of aromatic nitrogens is 2. The van der Waals surface area contributed by atoms with Crippen molar-refractivity contribution in [3.63, 3.8) is 0 Å². The molecule has 1 aliphatic heterocycles. The van der Waals surface area contributed by atoms with Gasteiger partial charge < -0.3 is 20.7 Å². The second-order valence-corrected chi connectivity index (χ2v) is 7.62. The molecule has 1 aromatic heterocycles. The number of imidazole rings is 1. The van der Waals surface area contributed by atoms with Gasteiger partial charge in [-0.15, -0.1) is 0 Å². The molecule has 0 aliphatic carbocycles. The Kier molecular flexibility index (Phi) is 6.22. The number of aromatic carboxylic acids is 1. The zero-order valence-electron chi connectivity index (χ0n) is 17.8. The second-order valence-electron chi connectivity index (χ2n) is 7.62. The van der Waals surface area contributed by atoms with E-state index in [0.29, 0.717) is 11.5 Å². The number of aromatic amines is 1. The Morgan fingerprint density at radius 1 is 1.12 bits per heavy atom. The first kappa shape index (κ1) is 21.2. The number of nitrogens with one attached hydrogen (secondary N) is 1. The highest BCUT2D eigenvalue weighted by molar-refractivity contribution is 5.97. The van der Waals surface area contributed by atoms with E-state index in [2.05, 4.69) is 16.5 Å². The highest BCUT2D eigenvalue weighted by Crippen LogP contribution is 2.34. The number of rotatable bonds is 7. The van der Waals surface area contributed by atoms with Gasteiger partial charge in [-0.2, -0.15) is 0 Å². The van der Waals surface area contributed by atoms with Gasteiger partial charge in [0.1, 0.15) is 5.82 Å². The van der Waals surface area contributed by atoms with E-state index in [4.69, 9.17) is 10.7 Å². The number of anilines is 1. The standard InChI is InChI=1S/C26H26N4O2/c1-2-8-18(13-14-27)23-24(29-25(28-23)19-9-4-3-5-10-19)20-11-12-22(21(17-20)26(31)32)30-15-6-7-16-30/h2-5,8-14,17H,1,6-7,15-16,27H2,(H,28,29)(H,31,32)/b14-13-,18-8+. The summed E-state index contributed by atoms with van der Waals surface area (Å²) in [5.41, 5.74) is 10.6. The summed E-state index contributed by atoms with van der Waals surface area (Å²) in [4.78, 5) is 22.5. The molecule has 1 fully saturated rings. The Morgan fingerprint density at radius 3 is 2.53 bits per heavy atom. The Bertz CT molecular complexity index is 1190. The maximum Gasteiger partial charge on any atom is 0.337 e. The molecular weight excluding hydrogens is 400 g/mol. The number of carboxylic acids is 1. The molecule has 0 saturated carbocycles. The van der Waals surface area contributed by atoms with Crippen molar-refractivity contribution in [1.29, 1.82) is 0 Å². The number of H-pyrrole nitrogens is 1. The van der Waals surface area contributed by atoms with E-state index in [1.165, 1.54) is 6.20 Å². The molecule has 32 heavy (non-hydrogen) atoms. The molecule has 0 amide bonds. The van der Waals surface area contributed by atoms with E-state index in [-0.39, 0.29) is 5.56 Å². The number of allylic oxidation sites excluding steroid dienone is 4. The monoisotopic (exact) mass is 426 g/mol. The molecular formula is C26H26N4O2. The lowest BCUT2D eigenvalue weighted by molar-refractivity contribution is 0.0697. The first-order valence-corrected chi connectivity index (χ1v) is 10.6. The third-order valence-corrected chi connectivity index (χ3v) is 5.56. The maximum absolute atomic E-state index is 12.1. The van der Waals surface area contributed by atoms with Gasteiger partial charge >= 0.3 is 5.97 Å². The van der Waals surface area contributed by atoms with Gasteiger partial charge in [0, 0.05) is 29.8 Å². The first-order chi connectivity index (χ1) is 15.6. The largest absolute Gasteiger partial charge is 0.478 e. The van der Waals surface area contributed by atoms with Crippen LogP contribution in [-0.4, -0.2) is 34.1 Å². The van der Waals surface area contributed by atoms with Crippen LogP contribution in [0.15, 0.2) is 79.5 Å². The van der Waals surface area contributed by atoms with E-state index >= 15 is 0 Å². The number of hydrogen-bond donors (Lipinski definition) is 3. The van der Waals surface area contributed by atoms with Gasteiger partial charge in [0.05, 0.1) is 22.6 Å². The molecule has 4 rings (SSSR count). The van der Waals surface area contributed by atoms with Crippen LogP contribution in [0, 0.1) is 0 Å². The summed E-state index contributed by atoms with van der Waals surface area (Å²) < 4.78 is 0. The lowest BCUT2D eigenvalue weighted by Gasteiger charge is -2.20. The summed E-state index contributed by atoms with van der Waals surface area (Å²) in [5.74, 6) is -0.252. The Hall–Kier alpha value is -4.06. The molecule has 0 unspecified atom stereocenters. The first-order valence-electron chi connectivity index (χ1n) is 10.6. The fourth-order valence-electron chi connectivity index (χ4n) is 4.06. The van der Waals surface area contributed by atoms with E-state index in [1.807, 2.05) is 48.5 Å². The molecule has 6 nitrogen and oxygen atoms in total. The third kappa shape index (κ3) is 4.21. The minimum Gasteiger partial charge on any atom is -0.478 e. The molecule has 2 heterocycles. The zero-order chi connectivity index (χ0) is 22.5. The van der Waals surface area contributed by atoms with Crippen molar-refractivity contribution in [3.05, 3.63) is 90.8 Å². The topological polar surface area (TPSA) is 95.2 Å². The summed E-state index contributed by atoms with van der Waals surface area (Å²) in [6.45, 7) is 5.55. The quantitative estimate of drug-likeness (QED) is 0.458. The minimum atomic E-state index is -0.943. The molecule has 0 spiro atoms. The maximum atomic E-state index is 12.1. The van der Waals surface area contributed by atoms with Gasteiger partial charge in [0.25, 0.3) is 0 Å². The number of hydrogen-bond acceptors (Lipinski definition) is 4. The molecule has 0 bridgehead atoms. The molecule has 0 radical (unpaired) electrons. The average Bonchev–Trinajstić information content (AvgIpc) is 3.50. The summed E-state index contributed by atoms with van der Waals surface area (Å²) in [5, 5.41) is 9.92. The Labute approximate surface area is 187 Å². The van der Waals surface area contributed by atoms with Crippen molar-refractivity contribution >= 4 is 17.2 Å². The van der Waals surface area contributed by atoms with E-state index in [0.717, 1.165) is 54.0 Å². The average molecular weight is 427 g/mol. The fourth-order valence-corrected chi connectivity index (χ4v) is 4.06. The highest BCUT2D eigenvalue weighted by atomic mass is 16.4. The zero-order valence-corrected chi connectivity index (χ0v) is 17.8. The minimum absolute atomic E-state index is 0.287. The van der Waals surface area contributed by atoms with Gasteiger partial charge in [-0.1, -0.05) is 55.1 Å². The molecule has 3 aromatic rings. The molecule has 4 N–H and O–H groups in total. The predicted octanol–water partition coefficient (Wildman–Crippen LogP) is 5.08. The molecule has 1 saturated heterocycles. The van der Waals surface area contributed by atoms with Crippen molar-refractivity contribution in [2.24, 2.45) is 5.73 Å². The summed E-state index contributed by atoms with van der Waals surface area (Å²) >= 11 is 0. The molecule has 6 heteroatoms. The number of benzene rings is 2. The lowest BCUT2D eigenvalue weighted by Crippen LogP contribution is -2.20. The van der Waals surface area contributed by atoms with Crippen LogP contribution in [0.25, 0.3) is 28.2 Å². The third-order valence-electron chi connectivity index (χ3n) is 5.56. The van der Waals surface area contributed by atoms with Gasteiger partial charge in [-0.25, -0.2) is 9.78 Å². The molecule has 2 aromatic carbocycles. The van der Waals surface area contributed by atoms with Crippen LogP contribution in [0.2, 0.25) is 0 Å². The van der Waals surface area contributed by atoms with Crippen LogP contribution in [0.5, 0.6) is 0 Å². The number of carbonyl (C=O) groups is 1. The molecule has 162 valence electrons. The summed E-state index contributed by atoms with van der Waals surface area (Å²) in [7, 11) is 0. The predicted molar refractivity (Wildman–Crippen MR) is 129 cm³/mol. The second kappa shape index (κ2) is 9.39. The van der Waals surface area contributed by atoms with Crippen molar-refractivity contribution in [3.8, 4) is 22.6 Å². The van der Waals surface area contributed by atoms with Crippen molar-refractivity contribution < 1.29 is 9.90 Å². The van der Waals surface area contributed by atoms with Crippen LogP contribution >= 0.6 is 0 Å². The van der Waals surface area contributed by atoms with E-state index in [1.54, 1.807) is 18.2 Å². The summed E-state index contributed by atoms with van der Waals surface area (Å²) in [6, 6.07) is 15.4. The SMILES string of the molecule is C=C/C=C(\C=C/N)c1nc(-c2ccccc2)[nH]c1-c1ccc(N2CCCC2)c(C(=O)O)c1. The smallest absolute Gasteiger partial charge is 0.337 e. The van der Waals surface area contributed by atoms with Gasteiger partial charge in [-0.05, 0) is 37.3 Å². The lowest BCUT2D eigenvalue weighted by atomic mass is 10.0. The van der Waals surface area contributed by atoms with E-state index < -0.39 is 5.97 Å². The normalized spacial score (nSPS) is 14.2. The molecule has 0 atom stereocenters. The number of nitrogens with two attached hydrogens (primary N) is 1. The van der Waals surface area contributed by atoms with Crippen LogP contribution in [-0.2, 0) is 0 Å². The van der Waals surface area contributed by atoms with Crippen LogP contribution in [0.4, 0.5) is 5.69 Å². The van der Waals surface area contributed by atoms with Gasteiger partial charge in [0.15, 0.2) is 0 Å². The summed E-state index contributed by atoms with van der Waals surface area (Å²) in [6.07, 6.45) is 8.87. The van der Waals surface area contributed by atoms with Crippen molar-refractivity contribution in [2.45, 2.75) is 12.8 Å². The van der Waals surface area contributed by atoms with Gasteiger partial charge in [-0.3, -0.25) is 0 Å². The number of carboxylic acid groups (broad SMARTS) is 1. The van der Waals surface area contributed by atoms with Crippen LogP contribution < -0.4 is 10.6 Å². The molecule has 1 aliphatic rings. The fraction of sp³-hybridized carbons (Fsp3) is 0.154. The Morgan fingerprint density at radius 2 is 1.88 bits per heavy atom. The van der Waals surface area contributed by atoms with Gasteiger partial charge in [0.2, 0.25) is 0 Å². The Balaban J connectivity index is 1.89. The van der Waals surface area contributed by atoms with E-state index in [9.17, 15) is 9.90 Å².